The summed E-state index contributed by atoms with van der Waals surface area (Å²) in [6, 6.07) is 0. The summed E-state index contributed by atoms with van der Waals surface area (Å²) in [6.45, 7) is 52.1. The Bertz CT molecular complexity index is 3210. The molecule has 0 spiro atoms. The fourth-order valence-corrected chi connectivity index (χ4v) is 41.1. The first-order valence-electron chi connectivity index (χ1n) is 55.0. The van der Waals surface area contributed by atoms with Gasteiger partial charge in [-0.2, -0.15) is 0 Å². The maximum Gasteiger partial charge on any atom is -0.0269 e. The molecule has 116 heavy (non-hydrogen) atoms. The summed E-state index contributed by atoms with van der Waals surface area (Å²) in [7, 11) is 0. The topological polar surface area (TPSA) is 0 Å². The van der Waals surface area contributed by atoms with Crippen LogP contribution in [0.5, 0.6) is 0 Å². The lowest BCUT2D eigenvalue weighted by atomic mass is 9.58. The summed E-state index contributed by atoms with van der Waals surface area (Å²) < 4.78 is 0. The second-order valence-electron chi connectivity index (χ2n) is 56.0. The molecule has 0 radical (unpaired) electrons. The molecule has 0 N–H and O–H groups in total. The summed E-state index contributed by atoms with van der Waals surface area (Å²) in [6.07, 6.45) is 78.8. The average molecular weight is 1590 g/mol. The van der Waals surface area contributed by atoms with E-state index in [9.17, 15) is 0 Å². The van der Waals surface area contributed by atoms with Crippen molar-refractivity contribution in [2.45, 2.75) is 473 Å². The van der Waals surface area contributed by atoms with Crippen LogP contribution in [0.25, 0.3) is 0 Å². The third-order valence-electron chi connectivity index (χ3n) is 48.3. The minimum atomic E-state index is 0.665. The first kappa shape index (κ1) is 88.0. The summed E-state index contributed by atoms with van der Waals surface area (Å²) in [5, 5.41) is 0. The Hall–Kier alpha value is 0. The second kappa shape index (κ2) is 33.9. The van der Waals surface area contributed by atoms with Crippen LogP contribution in [0.15, 0.2) is 0 Å². The van der Waals surface area contributed by atoms with Gasteiger partial charge in [0.1, 0.15) is 0 Å². The van der Waals surface area contributed by atoms with E-state index in [0.29, 0.717) is 37.9 Å². The van der Waals surface area contributed by atoms with Crippen LogP contribution >= 0.6 is 0 Å². The van der Waals surface area contributed by atoms with Crippen LogP contribution in [-0.2, 0) is 0 Å². The lowest BCUT2D eigenvalue weighted by molar-refractivity contribution is 0.0145. The van der Waals surface area contributed by atoms with Crippen LogP contribution in [0, 0.1) is 256 Å². The predicted octanol–water partition coefficient (Wildman–Crippen LogP) is 35.0. The lowest BCUT2D eigenvalue weighted by Gasteiger charge is -2.47. The maximum atomic E-state index is 2.62. The van der Waals surface area contributed by atoms with E-state index in [1.165, 1.54) is 238 Å². The number of hydrogen-bond acceptors (Lipinski definition) is 0. The SMILES string of the molecule is CC(C)C1(C)CC2CC1C1C3CCC(C3)C21.CC(C)C1(C)CC2CCC1C2.CC(C)C1(C)CCC2CCCCC2C1.CC1(C)CC2CC1C1C3CCC(C3)C21.CC1(C)CC2CC1C1CCCC21.CC1(C)CCC2CCCCC2C1.CC1(C)CCCC2CCCCC21.CCC1(C)CC2CC1C1C3CCC(C3)C21.CCC1(C)CC2CCC1C2. The molecule has 25 aliphatic carbocycles. The zero-order valence-corrected chi connectivity index (χ0v) is 81.8. The molecule has 25 rings (SSSR count). The Morgan fingerprint density at radius 2 is 0.681 bits per heavy atom. The van der Waals surface area contributed by atoms with Gasteiger partial charge in [-0.05, 0) is 468 Å². The van der Waals surface area contributed by atoms with Crippen molar-refractivity contribution < 1.29 is 0 Å². The molecule has 0 aromatic rings. The van der Waals surface area contributed by atoms with E-state index in [2.05, 4.69) is 145 Å². The molecule has 0 aliphatic heterocycles. The van der Waals surface area contributed by atoms with Crippen molar-refractivity contribution in [3.8, 4) is 0 Å². The molecule has 0 aromatic carbocycles. The minimum absolute atomic E-state index is 0.665. The normalized spacial score (nSPS) is 53.0. The highest BCUT2D eigenvalue weighted by Gasteiger charge is 2.69. The van der Waals surface area contributed by atoms with Crippen molar-refractivity contribution in [1.29, 1.82) is 0 Å². The molecule has 37 atom stereocenters. The third kappa shape index (κ3) is 16.5. The molecule has 37 unspecified atom stereocenters. The van der Waals surface area contributed by atoms with Gasteiger partial charge in [0.15, 0.2) is 0 Å². The Labute approximate surface area is 724 Å². The molecule has 25 aliphatic rings. The van der Waals surface area contributed by atoms with Crippen LogP contribution in [0.4, 0.5) is 0 Å². The van der Waals surface area contributed by atoms with Gasteiger partial charge >= 0.3 is 0 Å². The standard InChI is InChI=1S/C16H26.C15H24.C14H22.C14H26.C12H20.2C12H22.C11H20.C10H18/c1-9(2)16(3)8-12-7-13(16)15-11-5-4-10(6-11)14(12)15;1-3-15(2)8-11-7-12(15)14-10-5-4-9(6-10)13(11)14;1-14(2)7-10-6-11(14)13-9-4-3-8(5-9)12(10)13;1-11(2)14(3)9-8-12-6-4-5-7-13(12)10-14;1-12(2)7-8-6-11(12)10-5-3-4-9(8)10;1-12(2)9-5-7-10-6-3-4-8-11(10)12;1-12(2)8-7-10-5-3-4-6-11(10)9-12;1-8(2)11(3)7-9-4-5-10(11)6-9;1-3-10(2)7-8-4-5-9(10)6-8/h9-15H,4-8H2,1-3H3;9-14H,3-8H2,1-2H3;8-13H,3-7H2,1-2H3;11-13H,4-10H2,1-3H3;8-11H,3-7H2,1-2H3;2*10-11H,3-9H2,1-2H3;8-10H,4-7H2,1-3H3;8-9H,3-7H2,1-2H3. The third-order valence-corrected chi connectivity index (χ3v) is 48.3. The highest BCUT2D eigenvalue weighted by atomic mass is 14.7. The molecule has 0 amide bonds. The van der Waals surface area contributed by atoms with Gasteiger partial charge in [-0.1, -0.05) is 261 Å². The van der Waals surface area contributed by atoms with Crippen molar-refractivity contribution in [3.05, 3.63) is 0 Å². The zero-order chi connectivity index (χ0) is 81.8. The van der Waals surface area contributed by atoms with E-state index in [4.69, 9.17) is 0 Å². The van der Waals surface area contributed by atoms with Crippen molar-refractivity contribution in [3.63, 3.8) is 0 Å². The highest BCUT2D eigenvalue weighted by molar-refractivity contribution is 5.17. The largest absolute Gasteiger partial charge is 0.0649 e. The van der Waals surface area contributed by atoms with Gasteiger partial charge in [0.05, 0.1) is 0 Å². The van der Waals surface area contributed by atoms with Gasteiger partial charge in [0.25, 0.3) is 0 Å². The summed E-state index contributed by atoms with van der Waals surface area (Å²) in [5.41, 5.74) is 6.32. The van der Waals surface area contributed by atoms with Crippen LogP contribution in [0.2, 0.25) is 0 Å². The van der Waals surface area contributed by atoms with E-state index < -0.39 is 0 Å². The minimum Gasteiger partial charge on any atom is -0.0649 e. The van der Waals surface area contributed by atoms with Crippen LogP contribution < -0.4 is 0 Å². The Morgan fingerprint density at radius 1 is 0.233 bits per heavy atom. The van der Waals surface area contributed by atoms with Gasteiger partial charge in [-0.15, -0.1) is 0 Å². The summed E-state index contributed by atoms with van der Waals surface area (Å²) in [4.78, 5) is 0. The molecule has 664 valence electrons. The molecule has 0 heterocycles. The van der Waals surface area contributed by atoms with Crippen LogP contribution in [-0.4, -0.2) is 0 Å². The monoisotopic (exact) mass is 1590 g/mol. The highest BCUT2D eigenvalue weighted by Crippen LogP contribution is 2.76. The van der Waals surface area contributed by atoms with Gasteiger partial charge in [-0.3, -0.25) is 0 Å². The molecule has 0 saturated heterocycles. The van der Waals surface area contributed by atoms with E-state index >= 15 is 0 Å². The van der Waals surface area contributed by atoms with E-state index in [1.807, 2.05) is 0 Å². The molecule has 0 heteroatoms. The lowest BCUT2D eigenvalue weighted by Crippen LogP contribution is -2.41. The number of rotatable bonds is 5. The van der Waals surface area contributed by atoms with Crippen molar-refractivity contribution in [2.24, 2.45) is 256 Å². The summed E-state index contributed by atoms with van der Waals surface area (Å²) in [5.74, 6) is 39.2. The molecular formula is C116H200. The smallest absolute Gasteiger partial charge is 0.0269 e. The van der Waals surface area contributed by atoms with Crippen molar-refractivity contribution >= 4 is 0 Å². The van der Waals surface area contributed by atoms with Crippen molar-refractivity contribution in [1.82, 2.24) is 0 Å². The van der Waals surface area contributed by atoms with E-state index in [1.54, 1.807) is 161 Å². The predicted molar refractivity (Wildman–Crippen MR) is 499 cm³/mol. The van der Waals surface area contributed by atoms with Gasteiger partial charge in [-0.25, -0.2) is 0 Å². The Kier molecular flexibility index (Phi) is 25.7. The fourth-order valence-electron chi connectivity index (χ4n) is 41.1. The number of fused-ring (bicyclic) bond motifs is 39. The van der Waals surface area contributed by atoms with E-state index in [-0.39, 0.29) is 0 Å². The molecule has 25 fully saturated rings. The number of hydrogen-bond donors (Lipinski definition) is 0. The van der Waals surface area contributed by atoms with Crippen LogP contribution in [0.1, 0.15) is 473 Å². The van der Waals surface area contributed by atoms with Gasteiger partial charge in [0.2, 0.25) is 0 Å². The molecule has 18 bridgehead atoms. The van der Waals surface area contributed by atoms with Crippen LogP contribution in [0.3, 0.4) is 0 Å². The Balaban J connectivity index is 0.0000000942. The first-order valence-corrected chi connectivity index (χ1v) is 55.0. The molecule has 0 aromatic heterocycles. The first-order chi connectivity index (χ1) is 55.0. The average Bonchev–Trinajstić information content (AvgIpc) is 1.54. The zero-order valence-electron chi connectivity index (χ0n) is 81.8. The maximum absolute atomic E-state index is 2.62. The quantitative estimate of drug-likeness (QED) is 0.241. The molecule has 25 saturated carbocycles. The molecule has 0 nitrogen and oxygen atoms in total. The van der Waals surface area contributed by atoms with Gasteiger partial charge in [0, 0.05) is 0 Å². The molecular weight excluding hydrogens is 1390 g/mol. The summed E-state index contributed by atoms with van der Waals surface area (Å²) >= 11 is 0. The fraction of sp³-hybridized carbons (Fsp3) is 1.00. The van der Waals surface area contributed by atoms with E-state index in [0.717, 1.165) is 147 Å². The van der Waals surface area contributed by atoms with Crippen molar-refractivity contribution in [2.75, 3.05) is 0 Å². The Morgan fingerprint density at radius 3 is 1.20 bits per heavy atom. The second-order valence-corrected chi connectivity index (χ2v) is 56.0. The van der Waals surface area contributed by atoms with Gasteiger partial charge < -0.3 is 0 Å².